The number of fused-ring (bicyclic) bond motifs is 1. The summed E-state index contributed by atoms with van der Waals surface area (Å²) in [6, 6.07) is 5.44. The Bertz CT molecular complexity index is 1140. The van der Waals surface area contributed by atoms with E-state index in [1.165, 1.54) is 0 Å². The van der Waals surface area contributed by atoms with Gasteiger partial charge in [0.2, 0.25) is 17.8 Å². The first-order chi connectivity index (χ1) is 16.9. The maximum atomic E-state index is 12.8. The predicted octanol–water partition coefficient (Wildman–Crippen LogP) is 3.73. The summed E-state index contributed by atoms with van der Waals surface area (Å²) in [6.07, 6.45) is 2.67. The number of anilines is 2. The summed E-state index contributed by atoms with van der Waals surface area (Å²) in [7, 11) is 0. The molecule has 1 saturated carbocycles. The van der Waals surface area contributed by atoms with Gasteiger partial charge in [0, 0.05) is 67.2 Å². The standard InChI is InChI=1S/C24H27BrCl2N6O2/c25-12-21(34)31-7-9-32(10-8-31)24-29-20-5-6-33(23(35)15-1-2-15)14-18(20)22(30-24)28-13-16-3-4-17(26)11-19(16)27/h3-4,11,15H,1-2,5-10,12-14H2,(H,28,29,30). The Hall–Kier alpha value is -2.10. The predicted molar refractivity (Wildman–Crippen MR) is 140 cm³/mol. The number of hydrogen-bond donors (Lipinski definition) is 1. The molecule has 0 atom stereocenters. The topological polar surface area (TPSA) is 81.7 Å². The summed E-state index contributed by atoms with van der Waals surface area (Å²) in [6.45, 7) is 4.28. The van der Waals surface area contributed by atoms with Crippen molar-refractivity contribution in [3.8, 4) is 0 Å². The molecular formula is C24H27BrCl2N6O2. The van der Waals surface area contributed by atoms with Crippen LogP contribution in [0.5, 0.6) is 0 Å². The number of carbonyl (C=O) groups excluding carboxylic acids is 2. The average molecular weight is 582 g/mol. The first kappa shape index (κ1) is 24.6. The first-order valence-electron chi connectivity index (χ1n) is 11.9. The number of rotatable bonds is 6. The second-order valence-corrected chi connectivity index (χ2v) is 10.6. The van der Waals surface area contributed by atoms with Crippen LogP contribution >= 0.6 is 39.1 Å². The minimum Gasteiger partial charge on any atom is -0.365 e. The molecule has 3 heterocycles. The molecule has 0 bridgehead atoms. The van der Waals surface area contributed by atoms with Crippen molar-refractivity contribution in [2.45, 2.75) is 32.4 Å². The van der Waals surface area contributed by atoms with Gasteiger partial charge in [0.05, 0.1) is 17.6 Å². The van der Waals surface area contributed by atoms with Gasteiger partial charge in [-0.3, -0.25) is 9.59 Å². The van der Waals surface area contributed by atoms with Crippen molar-refractivity contribution in [3.63, 3.8) is 0 Å². The molecule has 1 aromatic carbocycles. The van der Waals surface area contributed by atoms with Gasteiger partial charge in [-0.25, -0.2) is 4.98 Å². The summed E-state index contributed by atoms with van der Waals surface area (Å²) in [5, 5.41) is 4.97. The zero-order valence-electron chi connectivity index (χ0n) is 19.3. The summed E-state index contributed by atoms with van der Waals surface area (Å²) in [4.78, 5) is 40.5. The van der Waals surface area contributed by atoms with E-state index in [-0.39, 0.29) is 17.7 Å². The smallest absolute Gasteiger partial charge is 0.233 e. The number of hydrogen-bond acceptors (Lipinski definition) is 6. The van der Waals surface area contributed by atoms with E-state index < -0.39 is 0 Å². The van der Waals surface area contributed by atoms with Crippen molar-refractivity contribution in [3.05, 3.63) is 45.1 Å². The van der Waals surface area contributed by atoms with E-state index in [0.717, 1.165) is 35.5 Å². The molecule has 2 aromatic rings. The van der Waals surface area contributed by atoms with Crippen LogP contribution in [0, 0.1) is 5.92 Å². The van der Waals surface area contributed by atoms with Crippen LogP contribution < -0.4 is 10.2 Å². The van der Waals surface area contributed by atoms with E-state index in [9.17, 15) is 9.59 Å². The number of aromatic nitrogens is 2. The van der Waals surface area contributed by atoms with Gasteiger partial charge in [-0.1, -0.05) is 45.2 Å². The Morgan fingerprint density at radius 1 is 1.06 bits per heavy atom. The Balaban J connectivity index is 1.39. The van der Waals surface area contributed by atoms with Gasteiger partial charge in [0.1, 0.15) is 5.82 Å². The van der Waals surface area contributed by atoms with Crippen LogP contribution in [0.1, 0.15) is 29.7 Å². The molecule has 1 aliphatic carbocycles. The van der Waals surface area contributed by atoms with E-state index in [2.05, 4.69) is 26.1 Å². The number of amides is 2. The molecule has 1 N–H and O–H groups in total. The number of alkyl halides is 1. The lowest BCUT2D eigenvalue weighted by Gasteiger charge is -2.36. The fourth-order valence-electron chi connectivity index (χ4n) is 4.55. The Morgan fingerprint density at radius 3 is 2.51 bits per heavy atom. The molecule has 5 rings (SSSR count). The van der Waals surface area contributed by atoms with E-state index in [4.69, 9.17) is 33.2 Å². The van der Waals surface area contributed by atoms with E-state index in [1.807, 2.05) is 21.9 Å². The van der Waals surface area contributed by atoms with Crippen molar-refractivity contribution in [2.75, 3.05) is 48.3 Å². The quantitative estimate of drug-likeness (QED) is 0.524. The number of carbonyl (C=O) groups is 2. The summed E-state index contributed by atoms with van der Waals surface area (Å²) < 4.78 is 0. The molecular weight excluding hydrogens is 555 g/mol. The minimum atomic E-state index is 0.0960. The molecule has 0 radical (unpaired) electrons. The molecule has 186 valence electrons. The second kappa shape index (κ2) is 10.5. The van der Waals surface area contributed by atoms with E-state index in [1.54, 1.807) is 6.07 Å². The highest BCUT2D eigenvalue weighted by Gasteiger charge is 2.36. The highest BCUT2D eigenvalue weighted by atomic mass is 79.9. The molecule has 11 heteroatoms. The molecule has 0 unspecified atom stereocenters. The zero-order valence-corrected chi connectivity index (χ0v) is 22.4. The highest BCUT2D eigenvalue weighted by Crippen LogP contribution is 2.34. The molecule has 8 nitrogen and oxygen atoms in total. The van der Waals surface area contributed by atoms with E-state index in [0.29, 0.717) is 73.6 Å². The average Bonchev–Trinajstić information content (AvgIpc) is 3.72. The first-order valence-corrected chi connectivity index (χ1v) is 13.8. The largest absolute Gasteiger partial charge is 0.365 e. The van der Waals surface area contributed by atoms with Gasteiger partial charge in [-0.05, 0) is 30.5 Å². The van der Waals surface area contributed by atoms with Crippen LogP contribution in [0.3, 0.4) is 0 Å². The van der Waals surface area contributed by atoms with Gasteiger partial charge >= 0.3 is 0 Å². The van der Waals surface area contributed by atoms with Gasteiger partial charge in [0.25, 0.3) is 0 Å². The third-order valence-electron chi connectivity index (χ3n) is 6.78. The minimum absolute atomic E-state index is 0.0960. The van der Waals surface area contributed by atoms with Gasteiger partial charge in [-0.15, -0.1) is 0 Å². The van der Waals surface area contributed by atoms with E-state index >= 15 is 0 Å². The lowest BCUT2D eigenvalue weighted by molar-refractivity contribution is -0.133. The SMILES string of the molecule is O=C(CBr)N1CCN(c2nc3c(c(NCc4ccc(Cl)cc4Cl)n2)CN(C(=O)C2CC2)CC3)CC1. The third-order valence-corrected chi connectivity index (χ3v) is 7.84. The molecule has 3 aliphatic rings. The van der Waals surface area contributed by atoms with Crippen molar-refractivity contribution in [1.29, 1.82) is 0 Å². The number of nitrogens with zero attached hydrogens (tertiary/aromatic N) is 5. The molecule has 35 heavy (non-hydrogen) atoms. The number of halogens is 3. The van der Waals surface area contributed by atoms with Crippen molar-refractivity contribution in [1.82, 2.24) is 19.8 Å². The highest BCUT2D eigenvalue weighted by molar-refractivity contribution is 9.09. The van der Waals surface area contributed by atoms with Crippen LogP contribution in [0.4, 0.5) is 11.8 Å². The molecule has 2 aliphatic heterocycles. The monoisotopic (exact) mass is 580 g/mol. The van der Waals surface area contributed by atoms with Gasteiger partial charge < -0.3 is 20.0 Å². The normalized spacial score (nSPS) is 17.9. The van der Waals surface area contributed by atoms with Crippen LogP contribution in [0.25, 0.3) is 0 Å². The van der Waals surface area contributed by atoms with Crippen molar-refractivity contribution >= 4 is 62.7 Å². The number of piperazine rings is 1. The molecule has 2 amide bonds. The van der Waals surface area contributed by atoms with Crippen molar-refractivity contribution < 1.29 is 9.59 Å². The molecule has 2 fully saturated rings. The molecule has 1 aromatic heterocycles. The fraction of sp³-hybridized carbons (Fsp3) is 0.500. The van der Waals surface area contributed by atoms with Crippen LogP contribution in [-0.2, 0) is 29.1 Å². The van der Waals surface area contributed by atoms with Crippen LogP contribution in [0.2, 0.25) is 10.0 Å². The van der Waals surface area contributed by atoms with Crippen LogP contribution in [-0.4, -0.2) is 69.6 Å². The number of benzene rings is 1. The Kier molecular flexibility index (Phi) is 7.37. The Morgan fingerprint density at radius 2 is 1.83 bits per heavy atom. The van der Waals surface area contributed by atoms with Gasteiger partial charge in [-0.2, -0.15) is 4.98 Å². The van der Waals surface area contributed by atoms with Crippen molar-refractivity contribution in [2.24, 2.45) is 5.92 Å². The summed E-state index contributed by atoms with van der Waals surface area (Å²) >= 11 is 15.7. The molecule has 0 spiro atoms. The third kappa shape index (κ3) is 5.52. The molecule has 1 saturated heterocycles. The lowest BCUT2D eigenvalue weighted by Crippen LogP contribution is -2.49. The number of nitrogens with one attached hydrogen (secondary N) is 1. The summed E-state index contributed by atoms with van der Waals surface area (Å²) in [5.74, 6) is 1.89. The second-order valence-electron chi connectivity index (χ2n) is 9.17. The Labute approximate surface area is 223 Å². The zero-order chi connectivity index (χ0) is 24.5. The summed E-state index contributed by atoms with van der Waals surface area (Å²) in [5.41, 5.74) is 2.85. The maximum absolute atomic E-state index is 12.8. The fourth-order valence-corrected chi connectivity index (χ4v) is 5.38. The van der Waals surface area contributed by atoms with Crippen LogP contribution in [0.15, 0.2) is 18.2 Å². The lowest BCUT2D eigenvalue weighted by atomic mass is 10.1. The maximum Gasteiger partial charge on any atom is 0.233 e. The van der Waals surface area contributed by atoms with Gasteiger partial charge in [0.15, 0.2) is 0 Å².